The molecule has 0 saturated carbocycles. The SMILES string of the molecule is COC(=O)Cn1c(O)cn(Cc2ccc(Br)cc2)c1=O. The lowest BCUT2D eigenvalue weighted by Crippen LogP contribution is -2.27. The summed E-state index contributed by atoms with van der Waals surface area (Å²) in [5.41, 5.74) is 0.446. The van der Waals surface area contributed by atoms with Crippen molar-refractivity contribution in [3.8, 4) is 5.88 Å². The molecule has 0 spiro atoms. The Morgan fingerprint density at radius 1 is 1.35 bits per heavy atom. The number of rotatable bonds is 4. The predicted octanol–water partition coefficient (Wildman–Crippen LogP) is 1.34. The zero-order chi connectivity index (χ0) is 14.7. The van der Waals surface area contributed by atoms with Crippen LogP contribution in [-0.2, 0) is 22.6 Å². The van der Waals surface area contributed by atoms with Crippen molar-refractivity contribution in [1.82, 2.24) is 9.13 Å². The summed E-state index contributed by atoms with van der Waals surface area (Å²) in [4.78, 5) is 23.2. The van der Waals surface area contributed by atoms with Gasteiger partial charge in [0.25, 0.3) is 0 Å². The van der Waals surface area contributed by atoms with E-state index in [4.69, 9.17) is 0 Å². The molecule has 0 aliphatic carbocycles. The molecule has 0 fully saturated rings. The number of halogens is 1. The fourth-order valence-electron chi connectivity index (χ4n) is 1.76. The third kappa shape index (κ3) is 3.11. The molecule has 106 valence electrons. The molecule has 0 aliphatic heterocycles. The van der Waals surface area contributed by atoms with Crippen molar-refractivity contribution in [2.45, 2.75) is 13.1 Å². The minimum absolute atomic E-state index is 0.266. The summed E-state index contributed by atoms with van der Waals surface area (Å²) >= 11 is 3.33. The molecule has 0 aliphatic rings. The van der Waals surface area contributed by atoms with Gasteiger partial charge in [0.2, 0.25) is 5.88 Å². The maximum atomic E-state index is 12.1. The Labute approximate surface area is 123 Å². The number of hydrogen-bond donors (Lipinski definition) is 1. The van der Waals surface area contributed by atoms with Crippen molar-refractivity contribution >= 4 is 21.9 Å². The molecule has 0 unspecified atom stereocenters. The van der Waals surface area contributed by atoms with Crippen molar-refractivity contribution < 1.29 is 14.6 Å². The largest absolute Gasteiger partial charge is 0.493 e. The molecule has 1 aromatic carbocycles. The number of methoxy groups -OCH3 is 1. The Morgan fingerprint density at radius 2 is 2.00 bits per heavy atom. The minimum atomic E-state index is -0.594. The molecule has 1 heterocycles. The Hall–Kier alpha value is -2.02. The highest BCUT2D eigenvalue weighted by Gasteiger charge is 2.14. The third-order valence-corrected chi connectivity index (χ3v) is 3.33. The number of ether oxygens (including phenoxy) is 1. The van der Waals surface area contributed by atoms with Crippen LogP contribution in [0, 0.1) is 0 Å². The quantitative estimate of drug-likeness (QED) is 0.852. The van der Waals surface area contributed by atoms with Crippen molar-refractivity contribution in [1.29, 1.82) is 0 Å². The third-order valence-electron chi connectivity index (χ3n) is 2.81. The van der Waals surface area contributed by atoms with Gasteiger partial charge in [-0.1, -0.05) is 28.1 Å². The van der Waals surface area contributed by atoms with Crippen LogP contribution < -0.4 is 5.69 Å². The van der Waals surface area contributed by atoms with E-state index in [0.29, 0.717) is 6.54 Å². The highest BCUT2D eigenvalue weighted by Crippen LogP contribution is 2.12. The van der Waals surface area contributed by atoms with Crippen LogP contribution in [-0.4, -0.2) is 27.3 Å². The van der Waals surface area contributed by atoms with E-state index in [0.717, 1.165) is 14.6 Å². The van der Waals surface area contributed by atoms with E-state index in [9.17, 15) is 14.7 Å². The lowest BCUT2D eigenvalue weighted by Gasteiger charge is -2.02. The molecular formula is C13H13BrN2O4. The van der Waals surface area contributed by atoms with Crippen LogP contribution in [0.3, 0.4) is 0 Å². The maximum Gasteiger partial charge on any atom is 0.331 e. The van der Waals surface area contributed by atoms with Gasteiger partial charge in [0.1, 0.15) is 6.54 Å². The standard InChI is InChI=1S/C13H13BrN2O4/c1-20-12(18)8-16-11(17)7-15(13(16)19)6-9-2-4-10(14)5-3-9/h2-5,7,17H,6,8H2,1H3. The molecule has 0 amide bonds. The second-order valence-corrected chi connectivity index (χ2v) is 5.10. The molecule has 2 rings (SSSR count). The Bertz CT molecular complexity index is 673. The van der Waals surface area contributed by atoms with E-state index in [2.05, 4.69) is 20.7 Å². The zero-order valence-electron chi connectivity index (χ0n) is 10.7. The van der Waals surface area contributed by atoms with E-state index in [-0.39, 0.29) is 12.4 Å². The first-order valence-electron chi connectivity index (χ1n) is 5.81. The van der Waals surface area contributed by atoms with Gasteiger partial charge < -0.3 is 9.84 Å². The highest BCUT2D eigenvalue weighted by molar-refractivity contribution is 9.10. The number of aromatic hydroxyl groups is 1. The van der Waals surface area contributed by atoms with E-state index in [1.807, 2.05) is 24.3 Å². The lowest BCUT2D eigenvalue weighted by atomic mass is 10.2. The number of benzene rings is 1. The van der Waals surface area contributed by atoms with Crippen LogP contribution in [0.2, 0.25) is 0 Å². The first kappa shape index (κ1) is 14.4. The summed E-state index contributed by atoms with van der Waals surface area (Å²) in [6.45, 7) is 0.00233. The number of hydrogen-bond acceptors (Lipinski definition) is 4. The summed E-state index contributed by atoms with van der Waals surface area (Å²) in [6, 6.07) is 7.47. The van der Waals surface area contributed by atoms with Gasteiger partial charge in [0.05, 0.1) is 19.9 Å². The van der Waals surface area contributed by atoms with Crippen LogP contribution in [0.25, 0.3) is 0 Å². The molecule has 1 N–H and O–H groups in total. The average molecular weight is 341 g/mol. The van der Waals surface area contributed by atoms with Gasteiger partial charge in [-0.2, -0.15) is 0 Å². The smallest absolute Gasteiger partial charge is 0.331 e. The molecular weight excluding hydrogens is 328 g/mol. The van der Waals surface area contributed by atoms with Crippen molar-refractivity contribution in [2.75, 3.05) is 7.11 Å². The van der Waals surface area contributed by atoms with E-state index >= 15 is 0 Å². The van der Waals surface area contributed by atoms with Gasteiger partial charge in [0, 0.05) is 4.47 Å². The average Bonchev–Trinajstić information content (AvgIpc) is 2.69. The Balaban J connectivity index is 2.25. The van der Waals surface area contributed by atoms with E-state index in [1.165, 1.54) is 17.9 Å². The second kappa shape index (κ2) is 5.96. The van der Waals surface area contributed by atoms with Crippen molar-refractivity contribution in [3.63, 3.8) is 0 Å². The fourth-order valence-corrected chi connectivity index (χ4v) is 2.02. The van der Waals surface area contributed by atoms with Crippen molar-refractivity contribution in [3.05, 3.63) is 51.0 Å². The fraction of sp³-hybridized carbons (Fsp3) is 0.231. The van der Waals surface area contributed by atoms with E-state index in [1.54, 1.807) is 0 Å². The molecule has 0 saturated heterocycles. The normalized spacial score (nSPS) is 10.5. The summed E-state index contributed by atoms with van der Waals surface area (Å²) in [6.07, 6.45) is 1.30. The van der Waals surface area contributed by atoms with Gasteiger partial charge >= 0.3 is 11.7 Å². The molecule has 0 radical (unpaired) electrons. The van der Waals surface area contributed by atoms with Crippen LogP contribution in [0.15, 0.2) is 39.7 Å². The molecule has 2 aromatic rings. The van der Waals surface area contributed by atoms with Crippen LogP contribution in [0.4, 0.5) is 0 Å². The lowest BCUT2D eigenvalue weighted by molar-refractivity contribution is -0.141. The molecule has 0 atom stereocenters. The van der Waals surface area contributed by atoms with Crippen LogP contribution >= 0.6 is 15.9 Å². The molecule has 1 aromatic heterocycles. The first-order valence-corrected chi connectivity index (χ1v) is 6.60. The number of carbonyl (C=O) groups excluding carboxylic acids is 1. The number of nitrogens with zero attached hydrogens (tertiary/aromatic N) is 2. The number of imidazole rings is 1. The van der Waals surface area contributed by atoms with Crippen LogP contribution in [0.5, 0.6) is 5.88 Å². The topological polar surface area (TPSA) is 73.5 Å². The first-order chi connectivity index (χ1) is 9.51. The van der Waals surface area contributed by atoms with Gasteiger partial charge in [-0.25, -0.2) is 4.79 Å². The van der Waals surface area contributed by atoms with Crippen LogP contribution in [0.1, 0.15) is 5.56 Å². The number of esters is 1. The molecule has 7 heteroatoms. The van der Waals surface area contributed by atoms with E-state index < -0.39 is 11.7 Å². The number of carbonyl (C=O) groups is 1. The summed E-state index contributed by atoms with van der Waals surface area (Å²) in [7, 11) is 1.23. The predicted molar refractivity (Wildman–Crippen MR) is 75.6 cm³/mol. The molecule has 6 nitrogen and oxygen atoms in total. The summed E-state index contributed by atoms with van der Waals surface area (Å²) < 4.78 is 7.72. The molecule has 0 bridgehead atoms. The number of aromatic nitrogens is 2. The highest BCUT2D eigenvalue weighted by atomic mass is 79.9. The second-order valence-electron chi connectivity index (χ2n) is 4.19. The molecule has 20 heavy (non-hydrogen) atoms. The Morgan fingerprint density at radius 3 is 2.60 bits per heavy atom. The summed E-state index contributed by atoms with van der Waals surface area (Å²) in [5, 5.41) is 9.71. The van der Waals surface area contributed by atoms with Gasteiger partial charge in [-0.15, -0.1) is 0 Å². The maximum absolute atomic E-state index is 12.1. The monoisotopic (exact) mass is 340 g/mol. The van der Waals surface area contributed by atoms with Gasteiger partial charge in [0.15, 0.2) is 0 Å². The van der Waals surface area contributed by atoms with Gasteiger partial charge in [-0.05, 0) is 17.7 Å². The minimum Gasteiger partial charge on any atom is -0.493 e. The zero-order valence-corrected chi connectivity index (χ0v) is 12.3. The summed E-state index contributed by atoms with van der Waals surface area (Å²) in [5.74, 6) is -0.860. The van der Waals surface area contributed by atoms with Gasteiger partial charge in [-0.3, -0.25) is 13.9 Å². The van der Waals surface area contributed by atoms with Crippen molar-refractivity contribution in [2.24, 2.45) is 0 Å². The Kier molecular flexibility index (Phi) is 4.29.